The van der Waals surface area contributed by atoms with E-state index in [1.165, 1.54) is 4.31 Å². The van der Waals surface area contributed by atoms with E-state index < -0.39 is 10.0 Å². The lowest BCUT2D eigenvalue weighted by Gasteiger charge is -2.24. The molecule has 8 heteroatoms. The van der Waals surface area contributed by atoms with Gasteiger partial charge in [-0.1, -0.05) is 12.8 Å². The number of hydrogen-bond acceptors (Lipinski definition) is 5. The van der Waals surface area contributed by atoms with E-state index in [1.807, 2.05) is 6.07 Å². The van der Waals surface area contributed by atoms with E-state index in [-0.39, 0.29) is 17.6 Å². The molecule has 2 heterocycles. The van der Waals surface area contributed by atoms with Gasteiger partial charge in [0.25, 0.3) is 10.0 Å². The second-order valence-electron chi connectivity index (χ2n) is 5.07. The van der Waals surface area contributed by atoms with Crippen LogP contribution in [0, 0.1) is 11.3 Å². The van der Waals surface area contributed by atoms with E-state index in [1.54, 1.807) is 18.3 Å². The number of rotatable bonds is 4. The molecular formula is C13H15N5O2S. The number of aromatic nitrogens is 3. The fraction of sp³-hybridized carbons (Fsp3) is 0.462. The quantitative estimate of drug-likeness (QED) is 0.860. The molecule has 0 spiro atoms. The Bertz CT molecular complexity index is 786. The number of hydrogen-bond donors (Lipinski definition) is 1. The van der Waals surface area contributed by atoms with Gasteiger partial charge in [0.05, 0.1) is 11.5 Å². The molecule has 0 amide bonds. The van der Waals surface area contributed by atoms with Crippen molar-refractivity contribution in [1.29, 1.82) is 5.26 Å². The fourth-order valence-electron chi connectivity index (χ4n) is 2.81. The van der Waals surface area contributed by atoms with Crippen LogP contribution in [0.5, 0.6) is 0 Å². The number of pyridine rings is 1. The van der Waals surface area contributed by atoms with Crippen LogP contribution in [-0.4, -0.2) is 40.5 Å². The Morgan fingerprint density at radius 2 is 2.19 bits per heavy atom. The number of nitrogens with one attached hydrogen (secondary N) is 1. The van der Waals surface area contributed by atoms with Gasteiger partial charge in [-0.15, -0.1) is 0 Å². The summed E-state index contributed by atoms with van der Waals surface area (Å²) in [6.45, 7) is -0.145. The summed E-state index contributed by atoms with van der Waals surface area (Å²) < 4.78 is 27.0. The first kappa shape index (κ1) is 14.0. The molecule has 1 saturated carbocycles. The minimum atomic E-state index is -3.78. The number of aromatic amines is 1. The molecule has 0 aromatic carbocycles. The summed E-state index contributed by atoms with van der Waals surface area (Å²) in [5.74, 6) is 0. The van der Waals surface area contributed by atoms with Crippen LogP contribution >= 0.6 is 0 Å². The van der Waals surface area contributed by atoms with Crippen LogP contribution in [0.15, 0.2) is 23.4 Å². The van der Waals surface area contributed by atoms with Crippen LogP contribution in [0.3, 0.4) is 0 Å². The van der Waals surface area contributed by atoms with Crippen LogP contribution < -0.4 is 0 Å². The first-order valence-corrected chi connectivity index (χ1v) is 8.26. The zero-order valence-electron chi connectivity index (χ0n) is 11.4. The predicted molar refractivity (Wildman–Crippen MR) is 75.6 cm³/mol. The SMILES string of the molecule is N#CCN(C1CCCC1)S(=O)(=O)c1[nH]nc2ncccc12. The average Bonchev–Trinajstić information content (AvgIpc) is 3.13. The van der Waals surface area contributed by atoms with Crippen molar-refractivity contribution >= 4 is 21.1 Å². The highest BCUT2D eigenvalue weighted by molar-refractivity contribution is 7.89. The van der Waals surface area contributed by atoms with Crippen molar-refractivity contribution in [2.45, 2.75) is 36.8 Å². The van der Waals surface area contributed by atoms with E-state index >= 15 is 0 Å². The summed E-state index contributed by atoms with van der Waals surface area (Å²) in [4.78, 5) is 4.03. The largest absolute Gasteiger partial charge is 0.263 e. The maximum atomic E-state index is 12.9. The van der Waals surface area contributed by atoms with Crippen LogP contribution in [0.4, 0.5) is 0 Å². The van der Waals surface area contributed by atoms with Gasteiger partial charge in [0.1, 0.15) is 6.54 Å². The molecule has 7 nitrogen and oxygen atoms in total. The minimum absolute atomic E-state index is 0.0211. The highest BCUT2D eigenvalue weighted by Gasteiger charge is 2.35. The number of H-pyrrole nitrogens is 1. The molecule has 21 heavy (non-hydrogen) atoms. The van der Waals surface area contributed by atoms with Crippen LogP contribution in [-0.2, 0) is 10.0 Å². The molecule has 1 aliphatic carbocycles. The molecule has 2 aromatic heterocycles. The maximum absolute atomic E-state index is 12.9. The van der Waals surface area contributed by atoms with Gasteiger partial charge >= 0.3 is 0 Å². The number of fused-ring (bicyclic) bond motifs is 1. The monoisotopic (exact) mass is 305 g/mol. The standard InChI is InChI=1S/C13H15N5O2S/c14-7-9-18(10-4-1-2-5-10)21(19,20)13-11-6-3-8-15-12(11)16-17-13/h3,6,8,10H,1-2,4-5,9H2,(H,15,16,17). The van der Waals surface area contributed by atoms with E-state index in [0.717, 1.165) is 25.7 Å². The third-order valence-corrected chi connectivity index (χ3v) is 5.69. The maximum Gasteiger partial charge on any atom is 0.261 e. The molecule has 0 atom stereocenters. The smallest absolute Gasteiger partial charge is 0.261 e. The Hall–Kier alpha value is -1.98. The lowest BCUT2D eigenvalue weighted by molar-refractivity contribution is 0.349. The highest BCUT2D eigenvalue weighted by Crippen LogP contribution is 2.29. The molecular weight excluding hydrogens is 290 g/mol. The van der Waals surface area contributed by atoms with Crippen molar-refractivity contribution in [3.05, 3.63) is 18.3 Å². The lowest BCUT2D eigenvalue weighted by atomic mass is 10.2. The third kappa shape index (κ3) is 2.39. The topological polar surface area (TPSA) is 103 Å². The Morgan fingerprint density at radius 1 is 1.43 bits per heavy atom. The second-order valence-corrected chi connectivity index (χ2v) is 6.90. The number of nitriles is 1. The zero-order valence-corrected chi connectivity index (χ0v) is 12.2. The van der Waals surface area contributed by atoms with Gasteiger partial charge in [0, 0.05) is 12.2 Å². The number of nitrogens with zero attached hydrogens (tertiary/aromatic N) is 4. The van der Waals surface area contributed by atoms with E-state index in [4.69, 9.17) is 5.26 Å². The summed E-state index contributed by atoms with van der Waals surface area (Å²) in [5.41, 5.74) is 0.361. The van der Waals surface area contributed by atoms with Crippen molar-refractivity contribution in [2.24, 2.45) is 0 Å². The Balaban J connectivity index is 2.07. The molecule has 0 aliphatic heterocycles. The average molecular weight is 305 g/mol. The van der Waals surface area contributed by atoms with Crippen LogP contribution in [0.2, 0.25) is 0 Å². The molecule has 110 valence electrons. The van der Waals surface area contributed by atoms with Gasteiger partial charge in [0.15, 0.2) is 10.7 Å². The molecule has 0 radical (unpaired) electrons. The highest BCUT2D eigenvalue weighted by atomic mass is 32.2. The third-order valence-electron chi connectivity index (χ3n) is 3.82. The molecule has 2 aromatic rings. The zero-order chi connectivity index (χ0) is 14.9. The van der Waals surface area contributed by atoms with Crippen molar-refractivity contribution in [2.75, 3.05) is 6.54 Å². The normalized spacial score (nSPS) is 16.6. The molecule has 0 saturated heterocycles. The van der Waals surface area contributed by atoms with Gasteiger partial charge in [-0.2, -0.15) is 14.7 Å². The molecule has 1 fully saturated rings. The molecule has 1 N–H and O–H groups in total. The van der Waals surface area contributed by atoms with Crippen LogP contribution in [0.25, 0.3) is 11.0 Å². The number of sulfonamides is 1. The Labute approximate surface area is 122 Å². The first-order chi connectivity index (χ1) is 10.1. The minimum Gasteiger partial charge on any atom is -0.263 e. The van der Waals surface area contributed by atoms with E-state index in [2.05, 4.69) is 15.2 Å². The van der Waals surface area contributed by atoms with Crippen LogP contribution in [0.1, 0.15) is 25.7 Å². The summed E-state index contributed by atoms with van der Waals surface area (Å²) in [6.07, 6.45) is 5.14. The van der Waals surface area contributed by atoms with Gasteiger partial charge < -0.3 is 0 Å². The van der Waals surface area contributed by atoms with Crippen molar-refractivity contribution < 1.29 is 8.42 Å². The Kier molecular flexibility index (Phi) is 3.61. The second kappa shape index (κ2) is 5.42. The van der Waals surface area contributed by atoms with E-state index in [0.29, 0.717) is 11.0 Å². The Morgan fingerprint density at radius 3 is 2.90 bits per heavy atom. The van der Waals surface area contributed by atoms with Crippen molar-refractivity contribution in [3.8, 4) is 6.07 Å². The van der Waals surface area contributed by atoms with Gasteiger partial charge in [0.2, 0.25) is 0 Å². The first-order valence-electron chi connectivity index (χ1n) is 6.82. The van der Waals surface area contributed by atoms with E-state index in [9.17, 15) is 8.42 Å². The molecule has 1 aliphatic rings. The predicted octanol–water partition coefficient (Wildman–Crippen LogP) is 1.41. The van der Waals surface area contributed by atoms with Gasteiger partial charge in [-0.3, -0.25) is 5.10 Å². The summed E-state index contributed by atoms with van der Waals surface area (Å²) >= 11 is 0. The van der Waals surface area contributed by atoms with Crippen molar-refractivity contribution in [3.63, 3.8) is 0 Å². The van der Waals surface area contributed by atoms with Crippen molar-refractivity contribution in [1.82, 2.24) is 19.5 Å². The van der Waals surface area contributed by atoms with Gasteiger partial charge in [-0.25, -0.2) is 13.4 Å². The van der Waals surface area contributed by atoms with Gasteiger partial charge in [-0.05, 0) is 25.0 Å². The summed E-state index contributed by atoms with van der Waals surface area (Å²) in [7, 11) is -3.78. The molecule has 0 unspecified atom stereocenters. The molecule has 3 rings (SSSR count). The lowest BCUT2D eigenvalue weighted by Crippen LogP contribution is -2.39. The fourth-order valence-corrected chi connectivity index (χ4v) is 4.48. The summed E-state index contributed by atoms with van der Waals surface area (Å²) in [5, 5.41) is 15.9. The molecule has 0 bridgehead atoms. The summed E-state index contributed by atoms with van der Waals surface area (Å²) in [6, 6.07) is 5.18.